The average molecular weight is 295 g/mol. The van der Waals surface area contributed by atoms with Crippen LogP contribution in [0.3, 0.4) is 0 Å². The molecule has 0 radical (unpaired) electrons. The first-order chi connectivity index (χ1) is 9.70. The number of piperidine rings is 1. The summed E-state index contributed by atoms with van der Waals surface area (Å²) in [6.45, 7) is 3.86. The monoisotopic (exact) mass is 294 g/mol. The van der Waals surface area contributed by atoms with E-state index in [1.165, 1.54) is 24.1 Å². The summed E-state index contributed by atoms with van der Waals surface area (Å²) >= 11 is 6.41. The van der Waals surface area contributed by atoms with Crippen LogP contribution in [0, 0.1) is 0 Å². The van der Waals surface area contributed by atoms with Crippen LogP contribution >= 0.6 is 11.6 Å². The SMILES string of the molecule is CCNCc1c(Cl)cccc1N1C2CCC1CC(O)C2. The smallest absolute Gasteiger partial charge is 0.0579 e. The van der Waals surface area contributed by atoms with Crippen molar-refractivity contribution in [3.05, 3.63) is 28.8 Å². The molecular weight excluding hydrogens is 272 g/mol. The van der Waals surface area contributed by atoms with Crippen molar-refractivity contribution in [2.75, 3.05) is 11.4 Å². The van der Waals surface area contributed by atoms with E-state index in [4.69, 9.17) is 11.6 Å². The van der Waals surface area contributed by atoms with E-state index in [9.17, 15) is 5.11 Å². The van der Waals surface area contributed by atoms with Crippen LogP contribution in [0.15, 0.2) is 18.2 Å². The number of hydrogen-bond acceptors (Lipinski definition) is 3. The molecule has 0 aliphatic carbocycles. The molecule has 1 aromatic rings. The Morgan fingerprint density at radius 2 is 2.00 bits per heavy atom. The summed E-state index contributed by atoms with van der Waals surface area (Å²) in [4.78, 5) is 2.52. The van der Waals surface area contributed by atoms with Crippen molar-refractivity contribution in [1.82, 2.24) is 5.32 Å². The van der Waals surface area contributed by atoms with Gasteiger partial charge in [0.2, 0.25) is 0 Å². The molecule has 1 aromatic carbocycles. The third-order valence-corrected chi connectivity index (χ3v) is 4.99. The number of halogens is 1. The van der Waals surface area contributed by atoms with Crippen molar-refractivity contribution in [1.29, 1.82) is 0 Å². The van der Waals surface area contributed by atoms with Gasteiger partial charge in [-0.25, -0.2) is 0 Å². The molecular formula is C16H23ClN2O. The van der Waals surface area contributed by atoms with Crippen LogP contribution in [0.5, 0.6) is 0 Å². The number of nitrogens with zero attached hydrogens (tertiary/aromatic N) is 1. The summed E-state index contributed by atoms with van der Waals surface area (Å²) in [5.74, 6) is 0. The Kier molecular flexibility index (Phi) is 4.20. The van der Waals surface area contributed by atoms with Gasteiger partial charge in [-0.15, -0.1) is 0 Å². The highest BCUT2D eigenvalue weighted by molar-refractivity contribution is 6.31. The van der Waals surface area contributed by atoms with Gasteiger partial charge < -0.3 is 15.3 Å². The van der Waals surface area contributed by atoms with Crippen LogP contribution in [0.25, 0.3) is 0 Å². The molecule has 2 aliphatic rings. The molecule has 2 N–H and O–H groups in total. The van der Waals surface area contributed by atoms with Crippen molar-refractivity contribution in [2.45, 2.75) is 57.3 Å². The van der Waals surface area contributed by atoms with Crippen LogP contribution in [0.4, 0.5) is 5.69 Å². The van der Waals surface area contributed by atoms with E-state index in [1.807, 2.05) is 12.1 Å². The van der Waals surface area contributed by atoms with Crippen LogP contribution in [0.1, 0.15) is 38.2 Å². The second-order valence-corrected chi connectivity index (χ2v) is 6.34. The molecule has 2 unspecified atom stereocenters. The number of rotatable bonds is 4. The topological polar surface area (TPSA) is 35.5 Å². The summed E-state index contributed by atoms with van der Waals surface area (Å²) in [5, 5.41) is 14.2. The lowest BCUT2D eigenvalue weighted by atomic mass is 9.97. The normalized spacial score (nSPS) is 28.9. The summed E-state index contributed by atoms with van der Waals surface area (Å²) in [7, 11) is 0. The first-order valence-corrected chi connectivity index (χ1v) is 8.03. The summed E-state index contributed by atoms with van der Waals surface area (Å²) in [6, 6.07) is 7.14. The van der Waals surface area contributed by atoms with Crippen molar-refractivity contribution in [2.24, 2.45) is 0 Å². The molecule has 20 heavy (non-hydrogen) atoms. The zero-order valence-electron chi connectivity index (χ0n) is 12.0. The highest BCUT2D eigenvalue weighted by atomic mass is 35.5. The highest BCUT2D eigenvalue weighted by Crippen LogP contribution is 2.41. The average Bonchev–Trinajstić information content (AvgIpc) is 2.69. The van der Waals surface area contributed by atoms with Crippen LogP contribution < -0.4 is 10.2 Å². The summed E-state index contributed by atoms with van der Waals surface area (Å²) in [6.07, 6.45) is 4.04. The number of benzene rings is 1. The van der Waals surface area contributed by atoms with Crippen molar-refractivity contribution < 1.29 is 5.11 Å². The Balaban J connectivity index is 1.92. The van der Waals surface area contributed by atoms with Crippen LogP contribution in [-0.4, -0.2) is 29.8 Å². The van der Waals surface area contributed by atoms with Gasteiger partial charge >= 0.3 is 0 Å². The van der Waals surface area contributed by atoms with E-state index in [-0.39, 0.29) is 6.10 Å². The number of fused-ring (bicyclic) bond motifs is 2. The van der Waals surface area contributed by atoms with Gasteiger partial charge in [0.05, 0.1) is 6.10 Å². The number of aliphatic hydroxyl groups is 1. The van der Waals surface area contributed by atoms with E-state index >= 15 is 0 Å². The number of nitrogens with one attached hydrogen (secondary N) is 1. The quantitative estimate of drug-likeness (QED) is 0.896. The highest BCUT2D eigenvalue weighted by Gasteiger charge is 2.40. The molecule has 0 spiro atoms. The van der Waals surface area contributed by atoms with Gasteiger partial charge in [-0.05, 0) is 44.4 Å². The Morgan fingerprint density at radius 1 is 1.30 bits per heavy atom. The second-order valence-electron chi connectivity index (χ2n) is 5.94. The minimum absolute atomic E-state index is 0.125. The molecule has 3 nitrogen and oxygen atoms in total. The third kappa shape index (κ3) is 2.54. The molecule has 0 aromatic heterocycles. The molecule has 110 valence electrons. The predicted octanol–water partition coefficient (Wildman–Crippen LogP) is 2.94. The Bertz CT molecular complexity index is 466. The second kappa shape index (κ2) is 5.92. The standard InChI is InChI=1S/C16H23ClN2O/c1-2-18-10-14-15(17)4-3-5-16(14)19-11-6-7-12(19)9-13(20)8-11/h3-5,11-13,18,20H,2,6-10H2,1H3. The molecule has 2 heterocycles. The lowest BCUT2D eigenvalue weighted by molar-refractivity contribution is 0.126. The van der Waals surface area contributed by atoms with Gasteiger partial charge in [-0.2, -0.15) is 0 Å². The van der Waals surface area contributed by atoms with E-state index < -0.39 is 0 Å². The fourth-order valence-corrected chi connectivity index (χ4v) is 3.99. The maximum absolute atomic E-state index is 9.95. The predicted molar refractivity (Wildman–Crippen MR) is 83.4 cm³/mol. The molecule has 3 rings (SSSR count). The molecule has 2 fully saturated rings. The molecule has 4 heteroatoms. The third-order valence-electron chi connectivity index (χ3n) is 4.63. The lowest BCUT2D eigenvalue weighted by Gasteiger charge is -2.40. The molecule has 2 saturated heterocycles. The summed E-state index contributed by atoms with van der Waals surface area (Å²) < 4.78 is 0. The van der Waals surface area contributed by atoms with Crippen molar-refractivity contribution >= 4 is 17.3 Å². The minimum Gasteiger partial charge on any atom is -0.393 e. The fourth-order valence-electron chi connectivity index (χ4n) is 3.76. The van der Waals surface area contributed by atoms with Gasteiger partial charge in [0.25, 0.3) is 0 Å². The van der Waals surface area contributed by atoms with E-state index in [2.05, 4.69) is 23.2 Å². The van der Waals surface area contributed by atoms with Crippen molar-refractivity contribution in [3.8, 4) is 0 Å². The largest absolute Gasteiger partial charge is 0.393 e. The van der Waals surface area contributed by atoms with E-state index in [0.717, 1.165) is 31.0 Å². The Morgan fingerprint density at radius 3 is 2.65 bits per heavy atom. The summed E-state index contributed by atoms with van der Waals surface area (Å²) in [5.41, 5.74) is 2.46. The first-order valence-electron chi connectivity index (χ1n) is 7.65. The Labute approximate surface area is 125 Å². The Hall–Kier alpha value is -0.770. The molecule has 2 aliphatic heterocycles. The van der Waals surface area contributed by atoms with Crippen molar-refractivity contribution in [3.63, 3.8) is 0 Å². The zero-order chi connectivity index (χ0) is 14.1. The molecule has 0 saturated carbocycles. The number of anilines is 1. The maximum Gasteiger partial charge on any atom is 0.0579 e. The van der Waals surface area contributed by atoms with Gasteiger partial charge in [0.15, 0.2) is 0 Å². The van der Waals surface area contributed by atoms with Crippen LogP contribution in [-0.2, 0) is 6.54 Å². The van der Waals surface area contributed by atoms with Gasteiger partial charge in [-0.1, -0.05) is 24.6 Å². The van der Waals surface area contributed by atoms with E-state index in [0.29, 0.717) is 12.1 Å². The first kappa shape index (κ1) is 14.2. The number of hydrogen-bond donors (Lipinski definition) is 2. The molecule has 0 amide bonds. The fraction of sp³-hybridized carbons (Fsp3) is 0.625. The maximum atomic E-state index is 9.95. The number of aliphatic hydroxyl groups excluding tert-OH is 1. The van der Waals surface area contributed by atoms with Gasteiger partial charge in [0.1, 0.15) is 0 Å². The van der Waals surface area contributed by atoms with Gasteiger partial charge in [0, 0.05) is 34.9 Å². The minimum atomic E-state index is -0.125. The van der Waals surface area contributed by atoms with E-state index in [1.54, 1.807) is 0 Å². The van der Waals surface area contributed by atoms with Crippen LogP contribution in [0.2, 0.25) is 5.02 Å². The lowest BCUT2D eigenvalue weighted by Crippen LogP contribution is -2.45. The molecule has 2 atom stereocenters. The zero-order valence-corrected chi connectivity index (χ0v) is 12.7. The molecule has 2 bridgehead atoms. The van der Waals surface area contributed by atoms with Gasteiger partial charge in [-0.3, -0.25) is 0 Å².